The molecule has 1 amide bonds. The zero-order valence-electron chi connectivity index (χ0n) is 22.9. The van der Waals surface area contributed by atoms with Crippen LogP contribution in [-0.2, 0) is 22.3 Å². The molecule has 0 radical (unpaired) electrons. The smallest absolute Gasteiger partial charge is 0.416 e. The second-order valence-corrected chi connectivity index (χ2v) is 11.8. The summed E-state index contributed by atoms with van der Waals surface area (Å²) in [6.45, 7) is 2.25. The van der Waals surface area contributed by atoms with Crippen LogP contribution < -0.4 is 10.1 Å². The van der Waals surface area contributed by atoms with E-state index in [0.29, 0.717) is 5.56 Å². The van der Waals surface area contributed by atoms with Crippen molar-refractivity contribution in [2.24, 2.45) is 17.3 Å². The Morgan fingerprint density at radius 1 is 1.07 bits per heavy atom. The van der Waals surface area contributed by atoms with Gasteiger partial charge in [-0.05, 0) is 48.8 Å². The molecule has 6 nitrogen and oxygen atoms in total. The molecule has 1 saturated heterocycles. The highest BCUT2D eigenvalue weighted by Crippen LogP contribution is 2.60. The Hall–Kier alpha value is -3.07. The van der Waals surface area contributed by atoms with Crippen LogP contribution in [0.15, 0.2) is 48.5 Å². The molecule has 0 spiro atoms. The number of carbonyl (C=O) groups excluding carboxylic acids is 1. The molecule has 9 heteroatoms. The number of nitrogens with zero attached hydrogens (tertiary/aromatic N) is 1. The Kier molecular flexibility index (Phi) is 7.88. The van der Waals surface area contributed by atoms with Crippen LogP contribution in [0.5, 0.6) is 5.75 Å². The average Bonchev–Trinajstić information content (AvgIpc) is 3.59. The van der Waals surface area contributed by atoms with E-state index < -0.39 is 35.8 Å². The fourth-order valence-electron chi connectivity index (χ4n) is 6.92. The van der Waals surface area contributed by atoms with Gasteiger partial charge in [-0.1, -0.05) is 62.6 Å². The SMILES string of the molecule is COc1cc(C(F)(F)F)ccc1CN[C@H]1[C@H](C2(C)CC2)[C@@H](C(=O)O)N(C(=O)C2CCCCC2)[C@H]1c1ccccc1. The van der Waals surface area contributed by atoms with Crippen LogP contribution in [-0.4, -0.2) is 41.1 Å². The minimum atomic E-state index is -4.50. The number of rotatable bonds is 8. The highest BCUT2D eigenvalue weighted by Gasteiger charge is 2.63. The summed E-state index contributed by atoms with van der Waals surface area (Å²) in [4.78, 5) is 28.8. The van der Waals surface area contributed by atoms with Crippen molar-refractivity contribution in [3.8, 4) is 5.75 Å². The molecule has 5 rings (SSSR count). The van der Waals surface area contributed by atoms with Crippen molar-refractivity contribution in [1.29, 1.82) is 0 Å². The zero-order valence-corrected chi connectivity index (χ0v) is 22.9. The van der Waals surface area contributed by atoms with Crippen LogP contribution in [0.1, 0.15) is 74.6 Å². The molecule has 2 aromatic rings. The van der Waals surface area contributed by atoms with Crippen LogP contribution >= 0.6 is 0 Å². The first-order valence-corrected chi connectivity index (χ1v) is 14.1. The summed E-state index contributed by atoms with van der Waals surface area (Å²) in [5, 5.41) is 14.1. The van der Waals surface area contributed by atoms with Gasteiger partial charge in [-0.15, -0.1) is 0 Å². The number of carbonyl (C=O) groups is 2. The van der Waals surface area contributed by atoms with Crippen LogP contribution in [0, 0.1) is 17.3 Å². The molecule has 2 saturated carbocycles. The fraction of sp³-hybridized carbons (Fsp3) is 0.548. The number of ether oxygens (including phenoxy) is 1. The van der Waals surface area contributed by atoms with Crippen molar-refractivity contribution in [3.05, 3.63) is 65.2 Å². The highest BCUT2D eigenvalue weighted by molar-refractivity contribution is 5.87. The number of hydrogen-bond acceptors (Lipinski definition) is 4. The number of benzene rings is 2. The Bertz CT molecular complexity index is 1220. The topological polar surface area (TPSA) is 78.9 Å². The summed E-state index contributed by atoms with van der Waals surface area (Å²) in [5.41, 5.74) is 0.321. The van der Waals surface area contributed by atoms with Gasteiger partial charge in [0, 0.05) is 30.0 Å². The van der Waals surface area contributed by atoms with E-state index in [2.05, 4.69) is 12.2 Å². The number of amides is 1. The first-order valence-electron chi connectivity index (χ1n) is 14.1. The first-order chi connectivity index (χ1) is 19.0. The highest BCUT2D eigenvalue weighted by atomic mass is 19.4. The van der Waals surface area contributed by atoms with Gasteiger partial charge in [-0.3, -0.25) is 4.79 Å². The number of carboxylic acids is 1. The first kappa shape index (κ1) is 28.5. The second kappa shape index (κ2) is 11.1. The van der Waals surface area contributed by atoms with Gasteiger partial charge in [-0.2, -0.15) is 13.2 Å². The third-order valence-electron chi connectivity index (χ3n) is 9.26. The van der Waals surface area contributed by atoms with E-state index in [-0.39, 0.29) is 35.5 Å². The minimum absolute atomic E-state index is 0.105. The molecule has 1 heterocycles. The van der Waals surface area contributed by atoms with Crippen molar-refractivity contribution < 1.29 is 32.6 Å². The van der Waals surface area contributed by atoms with Gasteiger partial charge in [0.15, 0.2) is 0 Å². The summed E-state index contributed by atoms with van der Waals surface area (Å²) >= 11 is 0. The van der Waals surface area contributed by atoms with E-state index >= 15 is 0 Å². The summed E-state index contributed by atoms with van der Waals surface area (Å²) in [7, 11) is 1.33. The predicted octanol–water partition coefficient (Wildman–Crippen LogP) is 6.21. The van der Waals surface area contributed by atoms with Crippen molar-refractivity contribution >= 4 is 11.9 Å². The van der Waals surface area contributed by atoms with Crippen molar-refractivity contribution in [2.75, 3.05) is 7.11 Å². The molecule has 2 N–H and O–H groups in total. The van der Waals surface area contributed by atoms with Gasteiger partial charge < -0.3 is 20.1 Å². The molecule has 2 aromatic carbocycles. The third kappa shape index (κ3) is 5.45. The second-order valence-electron chi connectivity index (χ2n) is 11.8. The predicted molar refractivity (Wildman–Crippen MR) is 143 cm³/mol. The molecule has 3 aliphatic rings. The van der Waals surface area contributed by atoms with E-state index in [1.165, 1.54) is 13.2 Å². The maximum absolute atomic E-state index is 14.2. The van der Waals surface area contributed by atoms with E-state index in [9.17, 15) is 27.9 Å². The molecule has 40 heavy (non-hydrogen) atoms. The number of nitrogens with one attached hydrogen (secondary N) is 1. The molecule has 1 aliphatic heterocycles. The van der Waals surface area contributed by atoms with Gasteiger partial charge in [0.05, 0.1) is 18.7 Å². The molecular weight excluding hydrogens is 521 g/mol. The van der Waals surface area contributed by atoms with Crippen LogP contribution in [0.25, 0.3) is 0 Å². The normalized spacial score (nSPS) is 26.5. The van der Waals surface area contributed by atoms with E-state index in [4.69, 9.17) is 4.74 Å². The maximum Gasteiger partial charge on any atom is 0.416 e. The van der Waals surface area contributed by atoms with E-state index in [0.717, 1.165) is 62.6 Å². The number of methoxy groups -OCH3 is 1. The molecule has 3 fully saturated rings. The summed E-state index contributed by atoms with van der Waals surface area (Å²) < 4.78 is 45.3. The lowest BCUT2D eigenvalue weighted by atomic mass is 9.79. The molecule has 216 valence electrons. The molecular formula is C31H37F3N2O4. The Morgan fingerprint density at radius 3 is 2.33 bits per heavy atom. The minimum Gasteiger partial charge on any atom is -0.496 e. The fourth-order valence-corrected chi connectivity index (χ4v) is 6.92. The zero-order chi connectivity index (χ0) is 28.7. The lowest BCUT2D eigenvalue weighted by Crippen LogP contribution is -2.48. The van der Waals surface area contributed by atoms with Crippen LogP contribution in [0.3, 0.4) is 0 Å². The average molecular weight is 559 g/mol. The largest absolute Gasteiger partial charge is 0.496 e. The lowest BCUT2D eigenvalue weighted by molar-refractivity contribution is -0.154. The molecule has 0 bridgehead atoms. The number of alkyl halides is 3. The Morgan fingerprint density at radius 2 is 1.75 bits per heavy atom. The number of halogens is 3. The quantitative estimate of drug-likeness (QED) is 0.403. The van der Waals surface area contributed by atoms with Gasteiger partial charge in [0.25, 0.3) is 0 Å². The molecule has 0 aromatic heterocycles. The van der Waals surface area contributed by atoms with E-state index in [1.807, 2.05) is 30.3 Å². The number of hydrogen-bond donors (Lipinski definition) is 2. The molecule has 0 unspecified atom stereocenters. The summed E-state index contributed by atoms with van der Waals surface area (Å²) in [5.74, 6) is -1.59. The van der Waals surface area contributed by atoms with Gasteiger partial charge in [-0.25, -0.2) is 4.79 Å². The Balaban J connectivity index is 1.55. The molecule has 4 atom stereocenters. The standard InChI is InChI=1S/C31H37F3N2O4/c1-30(15-16-30)24-25(35-18-21-13-14-22(31(32,33)34)17-23(21)40-2)26(19-9-5-3-6-10-19)36(27(24)29(38)39)28(37)20-11-7-4-8-12-20/h3,5-6,9-10,13-14,17,20,24-27,35H,4,7-8,11-12,15-16,18H2,1-2H3,(H,38,39)/t24-,25-,26-,27-/m0/s1. The number of aliphatic carboxylic acids is 1. The van der Waals surface area contributed by atoms with Gasteiger partial charge >= 0.3 is 12.1 Å². The third-order valence-corrected chi connectivity index (χ3v) is 9.26. The summed E-state index contributed by atoms with van der Waals surface area (Å²) in [6.07, 6.45) is 1.71. The van der Waals surface area contributed by atoms with Gasteiger partial charge in [0.2, 0.25) is 5.91 Å². The number of carboxylic acid groups (broad SMARTS) is 1. The summed E-state index contributed by atoms with van der Waals surface area (Å²) in [6, 6.07) is 11.0. The number of likely N-dealkylation sites (tertiary alicyclic amines) is 1. The van der Waals surface area contributed by atoms with Crippen molar-refractivity contribution in [2.45, 2.75) is 82.7 Å². The van der Waals surface area contributed by atoms with Gasteiger partial charge in [0.1, 0.15) is 11.8 Å². The molecule has 2 aliphatic carbocycles. The van der Waals surface area contributed by atoms with E-state index in [1.54, 1.807) is 4.90 Å². The maximum atomic E-state index is 14.2. The van der Waals surface area contributed by atoms with Crippen molar-refractivity contribution in [1.82, 2.24) is 10.2 Å². The monoisotopic (exact) mass is 558 g/mol. The van der Waals surface area contributed by atoms with Crippen LogP contribution in [0.4, 0.5) is 13.2 Å². The van der Waals surface area contributed by atoms with Crippen molar-refractivity contribution in [3.63, 3.8) is 0 Å². The Labute approximate surface area is 232 Å². The lowest BCUT2D eigenvalue weighted by Gasteiger charge is -2.35. The van der Waals surface area contributed by atoms with Crippen LogP contribution in [0.2, 0.25) is 0 Å².